The van der Waals surface area contributed by atoms with Crippen LogP contribution in [0.25, 0.3) is 0 Å². The average Bonchev–Trinajstić information content (AvgIpc) is 2.54. The van der Waals surface area contributed by atoms with Gasteiger partial charge in [-0.05, 0) is 11.1 Å². The Balaban J connectivity index is 1.99. The second-order valence-electron chi connectivity index (χ2n) is 4.70. The number of anilines is 1. The summed E-state index contributed by atoms with van der Waals surface area (Å²) < 4.78 is 0.566. The molecule has 0 saturated heterocycles. The predicted molar refractivity (Wildman–Crippen MR) is 87.8 cm³/mol. The van der Waals surface area contributed by atoms with Gasteiger partial charge in [-0.1, -0.05) is 72.9 Å². The normalized spacial score (nSPS) is 10.5. The van der Waals surface area contributed by atoms with Crippen LogP contribution in [-0.4, -0.2) is 9.97 Å². The maximum Gasteiger partial charge on any atom is 0.131 e. The summed E-state index contributed by atoms with van der Waals surface area (Å²) in [7, 11) is 0. The van der Waals surface area contributed by atoms with Gasteiger partial charge in [-0.3, -0.25) is 0 Å². The van der Waals surface area contributed by atoms with Crippen molar-refractivity contribution in [2.24, 2.45) is 0 Å². The fourth-order valence-electron chi connectivity index (χ4n) is 2.26. The third kappa shape index (κ3) is 3.35. The number of H-pyrrole nitrogens is 1. The van der Waals surface area contributed by atoms with Gasteiger partial charge in [0.2, 0.25) is 0 Å². The van der Waals surface area contributed by atoms with Gasteiger partial charge in [0.15, 0.2) is 0 Å². The smallest absolute Gasteiger partial charge is 0.131 e. The molecule has 3 rings (SSSR count). The molecule has 0 fully saturated rings. The molecule has 2 N–H and O–H groups in total. The summed E-state index contributed by atoms with van der Waals surface area (Å²) in [6.45, 7) is 0. The van der Waals surface area contributed by atoms with Crippen LogP contribution < -0.4 is 5.32 Å². The maximum atomic E-state index is 5.11. The molecule has 3 aromatic rings. The summed E-state index contributed by atoms with van der Waals surface area (Å²) in [6, 6.07) is 22.5. The zero-order valence-electron chi connectivity index (χ0n) is 11.4. The van der Waals surface area contributed by atoms with Crippen molar-refractivity contribution in [2.75, 3.05) is 5.32 Å². The van der Waals surface area contributed by atoms with Crippen molar-refractivity contribution in [3.8, 4) is 0 Å². The third-order valence-electron chi connectivity index (χ3n) is 3.25. The Kier molecular flexibility index (Phi) is 4.07. The minimum atomic E-state index is 0.0560. The highest BCUT2D eigenvalue weighted by atomic mass is 32.1. The monoisotopic (exact) mass is 293 g/mol. The van der Waals surface area contributed by atoms with E-state index in [9.17, 15) is 0 Å². The van der Waals surface area contributed by atoms with Gasteiger partial charge in [0.25, 0.3) is 0 Å². The quantitative estimate of drug-likeness (QED) is 0.703. The van der Waals surface area contributed by atoms with E-state index in [2.05, 4.69) is 39.6 Å². The fraction of sp³-hybridized carbons (Fsp3) is 0.0588. The molecule has 104 valence electrons. The first-order valence-corrected chi connectivity index (χ1v) is 7.15. The van der Waals surface area contributed by atoms with Gasteiger partial charge in [0.1, 0.15) is 10.5 Å². The maximum absolute atomic E-state index is 5.11. The summed E-state index contributed by atoms with van der Waals surface area (Å²) in [5.41, 5.74) is 2.39. The van der Waals surface area contributed by atoms with Crippen molar-refractivity contribution in [2.45, 2.75) is 6.04 Å². The van der Waals surface area contributed by atoms with Crippen LogP contribution in [0.5, 0.6) is 0 Å². The molecule has 1 heterocycles. The van der Waals surface area contributed by atoms with E-state index in [-0.39, 0.29) is 6.04 Å². The SMILES string of the molecule is S=c1cc(NC(c2ccccc2)c2ccccc2)[nH]cn1. The largest absolute Gasteiger partial charge is 0.361 e. The number of nitrogens with one attached hydrogen (secondary N) is 2. The average molecular weight is 293 g/mol. The highest BCUT2D eigenvalue weighted by Crippen LogP contribution is 2.25. The highest BCUT2D eigenvalue weighted by molar-refractivity contribution is 7.71. The van der Waals surface area contributed by atoms with Gasteiger partial charge >= 0.3 is 0 Å². The molecule has 21 heavy (non-hydrogen) atoms. The summed E-state index contributed by atoms with van der Waals surface area (Å²) in [6.07, 6.45) is 1.61. The van der Waals surface area contributed by atoms with Crippen LogP contribution >= 0.6 is 12.2 Å². The van der Waals surface area contributed by atoms with Crippen LogP contribution in [0.4, 0.5) is 5.82 Å². The summed E-state index contributed by atoms with van der Waals surface area (Å²) in [4.78, 5) is 7.10. The lowest BCUT2D eigenvalue weighted by Crippen LogP contribution is -2.13. The standard InChI is InChI=1S/C17H15N3S/c21-16-11-15(18-12-19-16)20-17(13-7-3-1-4-8-13)14-9-5-2-6-10-14/h1-12,17H,(H2,18,19,20,21). The Morgan fingerprint density at radius 3 is 2.00 bits per heavy atom. The molecular formula is C17H15N3S. The molecule has 0 spiro atoms. The van der Waals surface area contributed by atoms with E-state index in [0.717, 1.165) is 5.82 Å². The first kappa shape index (κ1) is 13.5. The Morgan fingerprint density at radius 1 is 0.905 bits per heavy atom. The molecule has 3 nitrogen and oxygen atoms in total. The number of benzene rings is 2. The Hall–Kier alpha value is -2.46. The Morgan fingerprint density at radius 2 is 1.48 bits per heavy atom. The summed E-state index contributed by atoms with van der Waals surface area (Å²) in [5, 5.41) is 3.49. The molecule has 2 aromatic carbocycles. The highest BCUT2D eigenvalue weighted by Gasteiger charge is 2.13. The predicted octanol–water partition coefficient (Wildman–Crippen LogP) is 4.34. The molecule has 4 heteroatoms. The minimum absolute atomic E-state index is 0.0560. The number of hydrogen-bond acceptors (Lipinski definition) is 3. The van der Waals surface area contributed by atoms with Crippen LogP contribution in [0, 0.1) is 4.64 Å². The molecule has 0 radical (unpaired) electrons. The van der Waals surface area contributed by atoms with Gasteiger partial charge < -0.3 is 10.3 Å². The van der Waals surface area contributed by atoms with E-state index in [1.807, 2.05) is 42.5 Å². The molecule has 0 saturated carbocycles. The molecule has 0 aliphatic carbocycles. The molecule has 0 aliphatic rings. The van der Waals surface area contributed by atoms with Gasteiger partial charge in [-0.25, -0.2) is 4.98 Å². The lowest BCUT2D eigenvalue weighted by atomic mass is 9.99. The third-order valence-corrected chi connectivity index (χ3v) is 3.47. The van der Waals surface area contributed by atoms with Gasteiger partial charge in [-0.2, -0.15) is 0 Å². The summed E-state index contributed by atoms with van der Waals surface area (Å²) >= 11 is 5.11. The van der Waals surface area contributed by atoms with E-state index in [1.54, 1.807) is 6.33 Å². The molecular weight excluding hydrogens is 278 g/mol. The van der Waals surface area contributed by atoms with Crippen molar-refractivity contribution >= 4 is 18.0 Å². The first-order valence-electron chi connectivity index (χ1n) is 6.74. The summed E-state index contributed by atoms with van der Waals surface area (Å²) in [5.74, 6) is 0.854. The van der Waals surface area contributed by atoms with E-state index >= 15 is 0 Å². The number of aromatic amines is 1. The van der Waals surface area contributed by atoms with Crippen LogP contribution in [0.1, 0.15) is 17.2 Å². The van der Waals surface area contributed by atoms with Crippen LogP contribution in [0.3, 0.4) is 0 Å². The number of aromatic nitrogens is 2. The lowest BCUT2D eigenvalue weighted by molar-refractivity contribution is 0.921. The van der Waals surface area contributed by atoms with E-state index < -0.39 is 0 Å². The Bertz CT molecular complexity index is 714. The van der Waals surface area contributed by atoms with Gasteiger partial charge in [0.05, 0.1) is 12.4 Å². The van der Waals surface area contributed by atoms with Crippen LogP contribution in [0.2, 0.25) is 0 Å². The zero-order chi connectivity index (χ0) is 14.5. The second kappa shape index (κ2) is 6.33. The molecule has 0 unspecified atom stereocenters. The Labute approximate surface area is 128 Å². The van der Waals surface area contributed by atoms with Crippen molar-refractivity contribution in [1.29, 1.82) is 0 Å². The van der Waals surface area contributed by atoms with E-state index in [4.69, 9.17) is 12.2 Å². The molecule has 0 amide bonds. The van der Waals surface area contributed by atoms with Crippen molar-refractivity contribution in [1.82, 2.24) is 9.97 Å². The second-order valence-corrected chi connectivity index (χ2v) is 5.12. The minimum Gasteiger partial charge on any atom is -0.361 e. The van der Waals surface area contributed by atoms with Gasteiger partial charge in [0, 0.05) is 6.07 Å². The molecule has 0 aliphatic heterocycles. The number of hydrogen-bond donors (Lipinski definition) is 2. The molecule has 0 bridgehead atoms. The van der Waals surface area contributed by atoms with Crippen LogP contribution in [0.15, 0.2) is 73.1 Å². The molecule has 0 atom stereocenters. The van der Waals surface area contributed by atoms with Gasteiger partial charge in [-0.15, -0.1) is 0 Å². The van der Waals surface area contributed by atoms with Crippen molar-refractivity contribution in [3.63, 3.8) is 0 Å². The van der Waals surface area contributed by atoms with Crippen molar-refractivity contribution < 1.29 is 0 Å². The molecule has 1 aromatic heterocycles. The van der Waals surface area contributed by atoms with E-state index in [1.165, 1.54) is 11.1 Å². The zero-order valence-corrected chi connectivity index (χ0v) is 12.2. The van der Waals surface area contributed by atoms with E-state index in [0.29, 0.717) is 4.64 Å². The van der Waals surface area contributed by atoms with Crippen LogP contribution in [-0.2, 0) is 0 Å². The topological polar surface area (TPSA) is 40.7 Å². The number of nitrogens with zero attached hydrogens (tertiary/aromatic N) is 1. The lowest BCUT2D eigenvalue weighted by Gasteiger charge is -2.20. The first-order chi connectivity index (χ1) is 10.3. The fourth-order valence-corrected chi connectivity index (χ4v) is 2.43. The number of rotatable bonds is 4. The van der Waals surface area contributed by atoms with Crippen molar-refractivity contribution in [3.05, 3.63) is 88.8 Å².